The van der Waals surface area contributed by atoms with Crippen molar-refractivity contribution in [3.63, 3.8) is 0 Å². The van der Waals surface area contributed by atoms with Crippen molar-refractivity contribution in [3.05, 3.63) is 17.8 Å². The van der Waals surface area contributed by atoms with Gasteiger partial charge in [0.2, 0.25) is 5.91 Å². The van der Waals surface area contributed by atoms with E-state index in [2.05, 4.69) is 10.3 Å². The Kier molecular flexibility index (Phi) is 4.03. The summed E-state index contributed by atoms with van der Waals surface area (Å²) in [6.07, 6.45) is 4.26. The molecule has 1 unspecified atom stereocenters. The Morgan fingerprint density at radius 1 is 1.45 bits per heavy atom. The predicted molar refractivity (Wildman–Crippen MR) is 72.1 cm³/mol. The first-order chi connectivity index (χ1) is 9.79. The van der Waals surface area contributed by atoms with Gasteiger partial charge in [-0.15, -0.1) is 0 Å². The number of oxazole rings is 1. The lowest BCUT2D eigenvalue weighted by atomic mass is 9.99. The lowest BCUT2D eigenvalue weighted by Gasteiger charge is -2.30. The van der Waals surface area contributed by atoms with E-state index in [1.807, 2.05) is 4.90 Å². The molecule has 1 saturated heterocycles. The highest BCUT2D eigenvalue weighted by Crippen LogP contribution is 2.25. The second-order valence-electron chi connectivity index (χ2n) is 5.47. The predicted octanol–water partition coefficient (Wildman–Crippen LogP) is 0.746. The average molecular weight is 279 g/mol. The summed E-state index contributed by atoms with van der Waals surface area (Å²) >= 11 is 0. The number of nitrogens with one attached hydrogen (secondary N) is 1. The minimum atomic E-state index is -0.408. The number of hydrogen-bond donors (Lipinski definition) is 1. The smallest absolute Gasteiger partial charge is 0.247 e. The van der Waals surface area contributed by atoms with Crippen molar-refractivity contribution in [3.8, 4) is 0 Å². The highest BCUT2D eigenvalue weighted by molar-refractivity contribution is 5.83. The number of carbonyl (C=O) groups is 1. The highest BCUT2D eigenvalue weighted by atomic mass is 16.5. The molecule has 1 atom stereocenters. The molecule has 0 spiro atoms. The molecule has 110 valence electrons. The first-order valence-electron chi connectivity index (χ1n) is 7.25. The molecular weight excluding hydrogens is 258 g/mol. The second kappa shape index (κ2) is 5.93. The zero-order chi connectivity index (χ0) is 13.9. The first kappa shape index (κ1) is 13.6. The minimum absolute atomic E-state index is 0.0921. The maximum Gasteiger partial charge on any atom is 0.247 e. The summed E-state index contributed by atoms with van der Waals surface area (Å²) in [5, 5.41) is 3.05. The number of rotatable bonds is 3. The van der Waals surface area contributed by atoms with Crippen LogP contribution in [0.1, 0.15) is 30.3 Å². The molecule has 0 saturated carbocycles. The normalized spacial score (nSPS) is 24.6. The number of amides is 1. The molecular formula is C14H21N3O3. The molecule has 2 aliphatic rings. The van der Waals surface area contributed by atoms with Gasteiger partial charge >= 0.3 is 0 Å². The third kappa shape index (κ3) is 2.58. The van der Waals surface area contributed by atoms with Gasteiger partial charge in [0.1, 0.15) is 6.04 Å². The number of aromatic nitrogens is 1. The molecule has 2 aliphatic heterocycles. The number of likely N-dealkylation sites (N-methyl/N-ethyl adjacent to an activating group) is 1. The highest BCUT2D eigenvalue weighted by Gasteiger charge is 2.34. The molecule has 3 heterocycles. The van der Waals surface area contributed by atoms with Gasteiger partial charge in [-0.2, -0.15) is 0 Å². The van der Waals surface area contributed by atoms with Crippen LogP contribution in [0.3, 0.4) is 0 Å². The van der Waals surface area contributed by atoms with Gasteiger partial charge in [0, 0.05) is 32.7 Å². The molecule has 1 aromatic heterocycles. The average Bonchev–Trinajstić information content (AvgIpc) is 2.89. The Balaban J connectivity index is 1.73. The summed E-state index contributed by atoms with van der Waals surface area (Å²) < 4.78 is 10.8. The number of carbonyl (C=O) groups excluding carboxylic acids is 1. The standard InChI is InChI=1S/C14H21N3O3/c1-15-12-13-11(16-9-20-13)2-5-17(14(12)18)8-10-3-6-19-7-4-10/h9-10,12,15H,2-8H2,1H3. The first-order valence-corrected chi connectivity index (χ1v) is 7.25. The van der Waals surface area contributed by atoms with Crippen molar-refractivity contribution in [2.24, 2.45) is 5.92 Å². The fourth-order valence-electron chi connectivity index (χ4n) is 3.02. The zero-order valence-electron chi connectivity index (χ0n) is 11.8. The van der Waals surface area contributed by atoms with Crippen LogP contribution in [0.4, 0.5) is 0 Å². The maximum atomic E-state index is 12.7. The molecule has 0 bridgehead atoms. The molecule has 6 nitrogen and oxygen atoms in total. The van der Waals surface area contributed by atoms with Crippen LogP contribution in [0.2, 0.25) is 0 Å². The van der Waals surface area contributed by atoms with Crippen LogP contribution in [0.5, 0.6) is 0 Å². The van der Waals surface area contributed by atoms with E-state index in [0.717, 1.165) is 44.7 Å². The summed E-state index contributed by atoms with van der Waals surface area (Å²) in [4.78, 5) is 18.8. The monoisotopic (exact) mass is 279 g/mol. The van der Waals surface area contributed by atoms with Crippen molar-refractivity contribution >= 4 is 5.91 Å². The molecule has 3 rings (SSSR count). The Morgan fingerprint density at radius 2 is 2.25 bits per heavy atom. The summed E-state index contributed by atoms with van der Waals surface area (Å²) in [5.74, 6) is 1.31. The SMILES string of the molecule is CNC1C(=O)N(CC2CCOCC2)CCc2ncoc21. The fraction of sp³-hybridized carbons (Fsp3) is 0.714. The molecule has 6 heteroatoms. The van der Waals surface area contributed by atoms with Gasteiger partial charge in [-0.3, -0.25) is 4.79 Å². The van der Waals surface area contributed by atoms with Crippen molar-refractivity contribution in [2.75, 3.05) is 33.4 Å². The number of hydrogen-bond acceptors (Lipinski definition) is 5. The van der Waals surface area contributed by atoms with E-state index in [1.165, 1.54) is 6.39 Å². The molecule has 0 aromatic carbocycles. The molecule has 1 amide bonds. The third-order valence-electron chi connectivity index (χ3n) is 4.22. The molecule has 0 aliphatic carbocycles. The van der Waals surface area contributed by atoms with Crippen molar-refractivity contribution in [1.82, 2.24) is 15.2 Å². The van der Waals surface area contributed by atoms with Crippen LogP contribution in [-0.4, -0.2) is 49.1 Å². The van der Waals surface area contributed by atoms with Gasteiger partial charge in [0.15, 0.2) is 12.2 Å². The van der Waals surface area contributed by atoms with Crippen molar-refractivity contribution in [1.29, 1.82) is 0 Å². The van der Waals surface area contributed by atoms with Crippen LogP contribution >= 0.6 is 0 Å². The molecule has 0 radical (unpaired) electrons. The molecule has 20 heavy (non-hydrogen) atoms. The van der Waals surface area contributed by atoms with Gasteiger partial charge in [-0.1, -0.05) is 0 Å². The molecule has 1 N–H and O–H groups in total. The van der Waals surface area contributed by atoms with Crippen LogP contribution in [-0.2, 0) is 16.0 Å². The Morgan fingerprint density at radius 3 is 3.00 bits per heavy atom. The maximum absolute atomic E-state index is 12.7. The largest absolute Gasteiger partial charge is 0.446 e. The van der Waals surface area contributed by atoms with Crippen LogP contribution in [0, 0.1) is 5.92 Å². The van der Waals surface area contributed by atoms with Gasteiger partial charge in [0.25, 0.3) is 0 Å². The third-order valence-corrected chi connectivity index (χ3v) is 4.22. The van der Waals surface area contributed by atoms with E-state index in [9.17, 15) is 4.79 Å². The van der Waals surface area contributed by atoms with Crippen LogP contribution in [0.15, 0.2) is 10.8 Å². The Labute approximate surface area is 118 Å². The van der Waals surface area contributed by atoms with E-state index >= 15 is 0 Å². The molecule has 1 aromatic rings. The Bertz CT molecular complexity index is 468. The zero-order valence-corrected chi connectivity index (χ0v) is 11.8. The Hall–Kier alpha value is -1.40. The van der Waals surface area contributed by atoms with E-state index in [1.54, 1.807) is 7.05 Å². The van der Waals surface area contributed by atoms with Crippen LogP contribution in [0.25, 0.3) is 0 Å². The second-order valence-corrected chi connectivity index (χ2v) is 5.47. The summed E-state index contributed by atoms with van der Waals surface area (Å²) in [5.41, 5.74) is 0.896. The van der Waals surface area contributed by atoms with Gasteiger partial charge < -0.3 is 19.4 Å². The van der Waals surface area contributed by atoms with Crippen molar-refractivity contribution < 1.29 is 13.9 Å². The number of ether oxygens (including phenoxy) is 1. The topological polar surface area (TPSA) is 67.6 Å². The molecule has 1 fully saturated rings. The minimum Gasteiger partial charge on any atom is -0.446 e. The number of fused-ring (bicyclic) bond motifs is 1. The van der Waals surface area contributed by atoms with Gasteiger partial charge in [0.05, 0.1) is 5.69 Å². The van der Waals surface area contributed by atoms with Crippen LogP contribution < -0.4 is 5.32 Å². The van der Waals surface area contributed by atoms with E-state index in [0.29, 0.717) is 18.2 Å². The van der Waals surface area contributed by atoms with E-state index in [-0.39, 0.29) is 5.91 Å². The quantitative estimate of drug-likeness (QED) is 0.884. The summed E-state index contributed by atoms with van der Waals surface area (Å²) in [6.45, 7) is 3.15. The van der Waals surface area contributed by atoms with E-state index in [4.69, 9.17) is 9.15 Å². The fourth-order valence-corrected chi connectivity index (χ4v) is 3.02. The number of nitrogens with zero attached hydrogens (tertiary/aromatic N) is 2. The van der Waals surface area contributed by atoms with Gasteiger partial charge in [-0.25, -0.2) is 4.98 Å². The van der Waals surface area contributed by atoms with Gasteiger partial charge in [-0.05, 0) is 25.8 Å². The summed E-state index contributed by atoms with van der Waals surface area (Å²) in [7, 11) is 1.78. The lowest BCUT2D eigenvalue weighted by molar-refractivity contribution is -0.134. The lowest BCUT2D eigenvalue weighted by Crippen LogP contribution is -2.42. The van der Waals surface area contributed by atoms with Crippen molar-refractivity contribution in [2.45, 2.75) is 25.3 Å². The summed E-state index contributed by atoms with van der Waals surface area (Å²) in [6, 6.07) is -0.408. The van der Waals surface area contributed by atoms with E-state index < -0.39 is 6.04 Å².